The van der Waals surface area contributed by atoms with Gasteiger partial charge in [-0.25, -0.2) is 0 Å². The van der Waals surface area contributed by atoms with Crippen LogP contribution in [-0.4, -0.2) is 0 Å². The standard InChI is InChI=1S/C24H23N/c1-3-7-19(8-4-1)21-11-15-23(16-12-21)25-24-17-13-22(14-18-24)20-9-5-2-6-10-20/h1,3,5,7,9-18,25H,2,4,6,8H2. The molecule has 0 radical (unpaired) electrons. The molecule has 1 nitrogen and oxygen atoms in total. The lowest BCUT2D eigenvalue weighted by atomic mass is 9.97. The first kappa shape index (κ1) is 15.7. The third kappa shape index (κ3) is 3.83. The summed E-state index contributed by atoms with van der Waals surface area (Å²) in [7, 11) is 0. The van der Waals surface area contributed by atoms with Gasteiger partial charge >= 0.3 is 0 Å². The van der Waals surface area contributed by atoms with Crippen molar-refractivity contribution in [2.45, 2.75) is 25.7 Å². The number of hydrogen-bond donors (Lipinski definition) is 1. The minimum absolute atomic E-state index is 1.12. The molecule has 4 rings (SSSR count). The van der Waals surface area contributed by atoms with E-state index in [2.05, 4.69) is 90.3 Å². The topological polar surface area (TPSA) is 12.0 Å². The highest BCUT2D eigenvalue weighted by Gasteiger charge is 2.04. The van der Waals surface area contributed by atoms with Crippen molar-refractivity contribution in [3.8, 4) is 0 Å². The average Bonchev–Trinajstić information content (AvgIpc) is 2.71. The second-order valence-corrected chi connectivity index (χ2v) is 6.58. The van der Waals surface area contributed by atoms with Gasteiger partial charge in [-0.3, -0.25) is 0 Å². The Morgan fingerprint density at radius 2 is 1.40 bits per heavy atom. The first-order valence-corrected chi connectivity index (χ1v) is 9.09. The van der Waals surface area contributed by atoms with E-state index in [4.69, 9.17) is 0 Å². The molecule has 1 N–H and O–H groups in total. The second-order valence-electron chi connectivity index (χ2n) is 6.58. The van der Waals surface area contributed by atoms with Gasteiger partial charge in [0.05, 0.1) is 0 Å². The van der Waals surface area contributed by atoms with E-state index in [1.807, 2.05) is 0 Å². The summed E-state index contributed by atoms with van der Waals surface area (Å²) in [6.07, 6.45) is 18.0. The predicted molar refractivity (Wildman–Crippen MR) is 109 cm³/mol. The van der Waals surface area contributed by atoms with Crippen molar-refractivity contribution in [1.82, 2.24) is 0 Å². The number of allylic oxidation sites excluding steroid dienone is 8. The first-order chi connectivity index (χ1) is 12.4. The highest BCUT2D eigenvalue weighted by atomic mass is 14.9. The molecule has 0 amide bonds. The van der Waals surface area contributed by atoms with Crippen molar-refractivity contribution in [2.75, 3.05) is 5.32 Å². The Labute approximate surface area is 150 Å². The number of benzene rings is 2. The van der Waals surface area contributed by atoms with Crippen molar-refractivity contribution < 1.29 is 0 Å². The van der Waals surface area contributed by atoms with Gasteiger partial charge in [0.25, 0.3) is 0 Å². The molecule has 0 heterocycles. The lowest BCUT2D eigenvalue weighted by Crippen LogP contribution is -1.93. The van der Waals surface area contributed by atoms with Gasteiger partial charge in [0, 0.05) is 11.4 Å². The molecule has 1 heteroatoms. The average molecular weight is 325 g/mol. The largest absolute Gasteiger partial charge is 0.356 e. The van der Waals surface area contributed by atoms with Gasteiger partial charge in [0.15, 0.2) is 0 Å². The molecule has 0 bridgehead atoms. The molecular formula is C24H23N. The molecule has 0 saturated carbocycles. The fourth-order valence-electron chi connectivity index (χ4n) is 3.35. The van der Waals surface area contributed by atoms with Crippen LogP contribution in [0.5, 0.6) is 0 Å². The van der Waals surface area contributed by atoms with E-state index in [1.54, 1.807) is 0 Å². The van der Waals surface area contributed by atoms with E-state index in [-0.39, 0.29) is 0 Å². The van der Waals surface area contributed by atoms with Crippen LogP contribution in [0.4, 0.5) is 11.4 Å². The van der Waals surface area contributed by atoms with Gasteiger partial charge in [-0.15, -0.1) is 0 Å². The van der Waals surface area contributed by atoms with E-state index < -0.39 is 0 Å². The number of hydrogen-bond acceptors (Lipinski definition) is 1. The zero-order valence-electron chi connectivity index (χ0n) is 14.4. The molecule has 0 fully saturated rings. The van der Waals surface area contributed by atoms with Crippen LogP contribution in [0.15, 0.2) is 85.0 Å². The van der Waals surface area contributed by atoms with Crippen molar-refractivity contribution in [1.29, 1.82) is 0 Å². The molecule has 0 saturated heterocycles. The Balaban J connectivity index is 1.45. The molecular weight excluding hydrogens is 302 g/mol. The summed E-state index contributed by atoms with van der Waals surface area (Å²) in [5.41, 5.74) is 7.61. The summed E-state index contributed by atoms with van der Waals surface area (Å²) in [5.74, 6) is 0. The minimum Gasteiger partial charge on any atom is -0.356 e. The molecule has 2 aromatic rings. The number of nitrogens with one attached hydrogen (secondary N) is 1. The molecule has 0 aromatic heterocycles. The maximum absolute atomic E-state index is 3.49. The molecule has 124 valence electrons. The van der Waals surface area contributed by atoms with Gasteiger partial charge in [-0.1, -0.05) is 60.7 Å². The lowest BCUT2D eigenvalue weighted by molar-refractivity contribution is 1.04. The molecule has 2 aliphatic rings. The van der Waals surface area contributed by atoms with Crippen LogP contribution in [0, 0.1) is 0 Å². The Hall–Kier alpha value is -2.80. The third-order valence-electron chi connectivity index (χ3n) is 4.77. The maximum atomic E-state index is 3.49. The molecule has 0 atom stereocenters. The van der Waals surface area contributed by atoms with Crippen LogP contribution in [0.25, 0.3) is 11.1 Å². The van der Waals surface area contributed by atoms with Gasteiger partial charge < -0.3 is 5.32 Å². The van der Waals surface area contributed by atoms with Crippen LogP contribution < -0.4 is 5.32 Å². The predicted octanol–water partition coefficient (Wildman–Crippen LogP) is 6.90. The fourth-order valence-corrected chi connectivity index (χ4v) is 3.35. The summed E-state index contributed by atoms with van der Waals surface area (Å²) in [4.78, 5) is 0. The first-order valence-electron chi connectivity index (χ1n) is 9.09. The van der Waals surface area contributed by atoms with Crippen molar-refractivity contribution in [2.24, 2.45) is 0 Å². The number of rotatable bonds is 4. The Morgan fingerprint density at radius 3 is 2.00 bits per heavy atom. The molecule has 2 aromatic carbocycles. The second kappa shape index (κ2) is 7.40. The molecule has 0 unspecified atom stereocenters. The molecule has 25 heavy (non-hydrogen) atoms. The summed E-state index contributed by atoms with van der Waals surface area (Å²) in [5, 5.41) is 3.49. The van der Waals surface area contributed by atoms with E-state index in [9.17, 15) is 0 Å². The Morgan fingerprint density at radius 1 is 0.680 bits per heavy atom. The Bertz CT molecular complexity index is 846. The SMILES string of the molecule is C1=CCCC(c2ccc(Nc3ccc(C4=CCCC=C4)cc3)cc2)=C1. The van der Waals surface area contributed by atoms with E-state index >= 15 is 0 Å². The summed E-state index contributed by atoms with van der Waals surface area (Å²) in [6.45, 7) is 0. The summed E-state index contributed by atoms with van der Waals surface area (Å²) < 4.78 is 0. The lowest BCUT2D eigenvalue weighted by Gasteiger charge is -2.12. The molecule has 2 aliphatic carbocycles. The summed E-state index contributed by atoms with van der Waals surface area (Å²) >= 11 is 0. The molecule has 0 spiro atoms. The van der Waals surface area contributed by atoms with E-state index in [1.165, 1.54) is 22.3 Å². The van der Waals surface area contributed by atoms with E-state index in [0.717, 1.165) is 37.1 Å². The quantitative estimate of drug-likeness (QED) is 0.645. The zero-order valence-corrected chi connectivity index (χ0v) is 14.4. The van der Waals surface area contributed by atoms with Crippen molar-refractivity contribution >= 4 is 22.5 Å². The van der Waals surface area contributed by atoms with Gasteiger partial charge in [-0.05, 0) is 72.2 Å². The third-order valence-corrected chi connectivity index (χ3v) is 4.77. The zero-order chi connectivity index (χ0) is 16.9. The van der Waals surface area contributed by atoms with Crippen LogP contribution in [-0.2, 0) is 0 Å². The van der Waals surface area contributed by atoms with Crippen LogP contribution in [0.1, 0.15) is 36.8 Å². The number of anilines is 2. The fraction of sp³-hybridized carbons (Fsp3) is 0.167. The minimum atomic E-state index is 1.12. The highest BCUT2D eigenvalue weighted by Crippen LogP contribution is 2.27. The van der Waals surface area contributed by atoms with Gasteiger partial charge in [-0.2, -0.15) is 0 Å². The van der Waals surface area contributed by atoms with Crippen molar-refractivity contribution in [3.63, 3.8) is 0 Å². The smallest absolute Gasteiger partial charge is 0.0384 e. The van der Waals surface area contributed by atoms with Crippen LogP contribution >= 0.6 is 0 Å². The van der Waals surface area contributed by atoms with E-state index in [0.29, 0.717) is 0 Å². The molecule has 0 aliphatic heterocycles. The van der Waals surface area contributed by atoms with Crippen LogP contribution in [0.3, 0.4) is 0 Å². The van der Waals surface area contributed by atoms with Gasteiger partial charge in [0.2, 0.25) is 0 Å². The monoisotopic (exact) mass is 325 g/mol. The summed E-state index contributed by atoms with van der Waals surface area (Å²) in [6, 6.07) is 17.4. The Kier molecular flexibility index (Phi) is 4.65. The van der Waals surface area contributed by atoms with Crippen molar-refractivity contribution in [3.05, 3.63) is 96.1 Å². The van der Waals surface area contributed by atoms with Crippen LogP contribution in [0.2, 0.25) is 0 Å². The maximum Gasteiger partial charge on any atom is 0.0384 e. The highest BCUT2D eigenvalue weighted by molar-refractivity contribution is 5.76. The van der Waals surface area contributed by atoms with Gasteiger partial charge in [0.1, 0.15) is 0 Å². The normalized spacial score (nSPS) is 16.3.